The van der Waals surface area contributed by atoms with E-state index in [4.69, 9.17) is 28.5 Å². The molecule has 6 nitrogen and oxygen atoms in total. The molecule has 0 aliphatic rings. The highest BCUT2D eigenvalue weighted by Crippen LogP contribution is 2.34. The molecule has 0 unspecified atom stereocenters. The van der Waals surface area contributed by atoms with Crippen molar-refractivity contribution < 1.29 is 18.0 Å². The van der Waals surface area contributed by atoms with Crippen LogP contribution < -0.4 is 5.32 Å². The van der Waals surface area contributed by atoms with Crippen molar-refractivity contribution in [1.29, 1.82) is 5.26 Å². The average Bonchev–Trinajstić information content (AvgIpc) is 3.19. The Balaban J connectivity index is 1.76. The molecule has 0 fully saturated rings. The molecule has 2 aromatic carbocycles. The van der Waals surface area contributed by atoms with Crippen molar-refractivity contribution in [3.05, 3.63) is 81.6 Å². The molecule has 11 heteroatoms. The third kappa shape index (κ3) is 4.23. The lowest BCUT2D eigenvalue weighted by Gasteiger charge is -2.11. The lowest BCUT2D eigenvalue weighted by atomic mass is 10.1. The first-order valence-corrected chi connectivity index (χ1v) is 9.66. The normalized spacial score (nSPS) is 11.4. The number of hydrogen-bond donors (Lipinski definition) is 1. The third-order valence-electron chi connectivity index (χ3n) is 4.44. The number of nitriles is 1. The molecule has 0 saturated heterocycles. The van der Waals surface area contributed by atoms with Crippen LogP contribution in [0, 0.1) is 11.3 Å². The van der Waals surface area contributed by atoms with E-state index in [1.54, 1.807) is 0 Å². The van der Waals surface area contributed by atoms with Crippen molar-refractivity contribution in [3.8, 4) is 17.3 Å². The predicted octanol–water partition coefficient (Wildman–Crippen LogP) is 5.85. The van der Waals surface area contributed by atoms with Crippen molar-refractivity contribution in [2.24, 2.45) is 0 Å². The molecule has 1 amide bonds. The van der Waals surface area contributed by atoms with Crippen molar-refractivity contribution in [1.82, 2.24) is 14.6 Å². The van der Waals surface area contributed by atoms with Crippen molar-refractivity contribution in [2.45, 2.75) is 6.18 Å². The van der Waals surface area contributed by atoms with E-state index in [9.17, 15) is 18.0 Å². The SMILES string of the molecule is N#Cc1ccc(NC(=O)c2cc3nc(-c4ccc(Cl)c(Cl)c4)cc(C(F)(F)F)n3n2)cc1. The molecule has 0 aliphatic carbocycles. The molecule has 2 aromatic heterocycles. The molecule has 4 rings (SSSR count). The number of rotatable bonds is 3. The summed E-state index contributed by atoms with van der Waals surface area (Å²) in [5.74, 6) is -0.732. The summed E-state index contributed by atoms with van der Waals surface area (Å²) < 4.78 is 41.7. The van der Waals surface area contributed by atoms with Gasteiger partial charge in [-0.25, -0.2) is 9.50 Å². The summed E-state index contributed by atoms with van der Waals surface area (Å²) in [6, 6.07) is 14.2. The maximum absolute atomic E-state index is 13.7. The van der Waals surface area contributed by atoms with Gasteiger partial charge >= 0.3 is 6.18 Å². The molecule has 0 bridgehead atoms. The van der Waals surface area contributed by atoms with E-state index < -0.39 is 17.8 Å². The quantitative estimate of drug-likeness (QED) is 0.403. The van der Waals surface area contributed by atoms with Gasteiger partial charge in [0.05, 0.1) is 27.4 Å². The van der Waals surface area contributed by atoms with E-state index in [1.807, 2.05) is 6.07 Å². The number of carbonyl (C=O) groups is 1. The van der Waals surface area contributed by atoms with Crippen LogP contribution in [0.5, 0.6) is 0 Å². The Morgan fingerprint density at radius 1 is 1.03 bits per heavy atom. The first kappa shape index (κ1) is 21.6. The molecule has 0 atom stereocenters. The van der Waals surface area contributed by atoms with Gasteiger partial charge in [-0.2, -0.15) is 23.5 Å². The van der Waals surface area contributed by atoms with Crippen LogP contribution in [0.4, 0.5) is 18.9 Å². The van der Waals surface area contributed by atoms with Gasteiger partial charge in [0.1, 0.15) is 0 Å². The zero-order valence-electron chi connectivity index (χ0n) is 15.8. The van der Waals surface area contributed by atoms with E-state index in [2.05, 4.69) is 15.4 Å². The molecule has 4 aromatic rings. The number of halogens is 5. The molecule has 32 heavy (non-hydrogen) atoms. The summed E-state index contributed by atoms with van der Waals surface area (Å²) in [7, 11) is 0. The van der Waals surface area contributed by atoms with Crippen molar-refractivity contribution >= 4 is 40.4 Å². The maximum Gasteiger partial charge on any atom is 0.433 e. The zero-order valence-corrected chi connectivity index (χ0v) is 17.3. The number of hydrogen-bond acceptors (Lipinski definition) is 4. The van der Waals surface area contributed by atoms with Gasteiger partial charge in [0, 0.05) is 17.3 Å². The number of fused-ring (bicyclic) bond motifs is 1. The first-order valence-electron chi connectivity index (χ1n) is 8.90. The standard InChI is InChI=1S/C21H10Cl2F3N5O/c22-14-6-3-12(7-15(14)23)16-8-18(21(24,25)26)31-19(29-16)9-17(30-31)20(32)28-13-4-1-11(10-27)2-5-13/h1-9H,(H,28,32). The number of amides is 1. The largest absolute Gasteiger partial charge is 0.433 e. The smallest absolute Gasteiger partial charge is 0.321 e. The number of anilines is 1. The summed E-state index contributed by atoms with van der Waals surface area (Å²) in [5.41, 5.74) is -0.499. The van der Waals surface area contributed by atoms with Gasteiger partial charge < -0.3 is 5.32 Å². The van der Waals surface area contributed by atoms with Gasteiger partial charge in [-0.3, -0.25) is 4.79 Å². The zero-order chi connectivity index (χ0) is 23.0. The van der Waals surface area contributed by atoms with Gasteiger partial charge in [-0.1, -0.05) is 29.3 Å². The van der Waals surface area contributed by atoms with Crippen LogP contribution in [-0.4, -0.2) is 20.5 Å². The molecule has 0 aliphatic heterocycles. The second kappa shape index (κ2) is 8.15. The molecule has 0 radical (unpaired) electrons. The maximum atomic E-state index is 13.7. The monoisotopic (exact) mass is 475 g/mol. The third-order valence-corrected chi connectivity index (χ3v) is 5.18. The average molecular weight is 476 g/mol. The van der Waals surface area contributed by atoms with Crippen LogP contribution in [0.25, 0.3) is 16.9 Å². The predicted molar refractivity (Wildman–Crippen MR) is 113 cm³/mol. The fourth-order valence-corrected chi connectivity index (χ4v) is 3.21. The topological polar surface area (TPSA) is 83.1 Å². The lowest BCUT2D eigenvalue weighted by molar-refractivity contribution is -0.142. The lowest BCUT2D eigenvalue weighted by Crippen LogP contribution is -2.15. The minimum atomic E-state index is -4.76. The molecule has 0 saturated carbocycles. The minimum absolute atomic E-state index is 0.0117. The number of alkyl halides is 3. The summed E-state index contributed by atoms with van der Waals surface area (Å²) >= 11 is 11.9. The molecule has 2 heterocycles. The fourth-order valence-electron chi connectivity index (χ4n) is 2.91. The van der Waals surface area contributed by atoms with Crippen LogP contribution in [-0.2, 0) is 6.18 Å². The minimum Gasteiger partial charge on any atom is -0.321 e. The summed E-state index contributed by atoms with van der Waals surface area (Å²) in [6.07, 6.45) is -4.76. The summed E-state index contributed by atoms with van der Waals surface area (Å²) in [5, 5.41) is 15.6. The van der Waals surface area contributed by atoms with Crippen LogP contribution in [0.3, 0.4) is 0 Å². The number of aromatic nitrogens is 3. The fraction of sp³-hybridized carbons (Fsp3) is 0.0476. The summed E-state index contributed by atoms with van der Waals surface area (Å²) in [6.45, 7) is 0. The van der Waals surface area contributed by atoms with E-state index in [1.165, 1.54) is 42.5 Å². The van der Waals surface area contributed by atoms with E-state index in [0.717, 1.165) is 12.1 Å². The Kier molecular flexibility index (Phi) is 5.50. The van der Waals surface area contributed by atoms with E-state index in [-0.39, 0.29) is 27.1 Å². The number of nitrogens with zero attached hydrogens (tertiary/aromatic N) is 4. The highest BCUT2D eigenvalue weighted by Gasteiger charge is 2.35. The highest BCUT2D eigenvalue weighted by atomic mass is 35.5. The van der Waals surface area contributed by atoms with Gasteiger partial charge in [0.2, 0.25) is 0 Å². The van der Waals surface area contributed by atoms with Crippen LogP contribution in [0.15, 0.2) is 54.6 Å². The Hall–Kier alpha value is -3.61. The van der Waals surface area contributed by atoms with E-state index in [0.29, 0.717) is 21.3 Å². The van der Waals surface area contributed by atoms with Crippen LogP contribution in [0.2, 0.25) is 10.0 Å². The van der Waals surface area contributed by atoms with E-state index >= 15 is 0 Å². The number of nitrogens with one attached hydrogen (secondary N) is 1. The number of benzene rings is 2. The highest BCUT2D eigenvalue weighted by molar-refractivity contribution is 6.42. The Labute approximate surface area is 188 Å². The Morgan fingerprint density at radius 2 is 1.75 bits per heavy atom. The second-order valence-corrected chi connectivity index (χ2v) is 7.41. The van der Waals surface area contributed by atoms with Gasteiger partial charge in [0.15, 0.2) is 17.0 Å². The first-order chi connectivity index (χ1) is 15.2. The van der Waals surface area contributed by atoms with Crippen molar-refractivity contribution in [2.75, 3.05) is 5.32 Å². The Morgan fingerprint density at radius 3 is 2.38 bits per heavy atom. The van der Waals surface area contributed by atoms with Gasteiger partial charge in [0.25, 0.3) is 5.91 Å². The molecular formula is C21H10Cl2F3N5O. The van der Waals surface area contributed by atoms with Gasteiger partial charge in [-0.15, -0.1) is 0 Å². The van der Waals surface area contributed by atoms with Crippen LogP contribution >= 0.6 is 23.2 Å². The molecule has 0 spiro atoms. The molecule has 160 valence electrons. The number of carbonyl (C=O) groups excluding carboxylic acids is 1. The molecular weight excluding hydrogens is 466 g/mol. The molecule has 1 N–H and O–H groups in total. The Bertz CT molecular complexity index is 1390. The second-order valence-electron chi connectivity index (χ2n) is 6.60. The summed E-state index contributed by atoms with van der Waals surface area (Å²) in [4.78, 5) is 16.7. The van der Waals surface area contributed by atoms with Crippen LogP contribution in [0.1, 0.15) is 21.7 Å². The van der Waals surface area contributed by atoms with Crippen molar-refractivity contribution in [3.63, 3.8) is 0 Å². The van der Waals surface area contributed by atoms with Gasteiger partial charge in [-0.05, 0) is 42.5 Å².